The Morgan fingerprint density at radius 2 is 2.03 bits per heavy atom. The average Bonchev–Trinajstić information content (AvgIpc) is 3.03. The summed E-state index contributed by atoms with van der Waals surface area (Å²) in [7, 11) is 0. The molecule has 0 saturated heterocycles. The van der Waals surface area contributed by atoms with Crippen molar-refractivity contribution < 1.29 is 27.5 Å². The molecule has 0 atom stereocenters. The number of hydrazine groups is 1. The molecule has 0 unspecified atom stereocenters. The summed E-state index contributed by atoms with van der Waals surface area (Å²) in [6, 6.07) is 4.07. The molecule has 0 bridgehead atoms. The third kappa shape index (κ3) is 6.08. The van der Waals surface area contributed by atoms with Crippen molar-refractivity contribution in [3.63, 3.8) is 0 Å². The number of ether oxygens (including phenoxy) is 1. The number of alkyl halides is 3. The number of halogens is 3. The predicted molar refractivity (Wildman–Crippen MR) is 100 cm³/mol. The van der Waals surface area contributed by atoms with E-state index in [4.69, 9.17) is 0 Å². The summed E-state index contributed by atoms with van der Waals surface area (Å²) in [6.07, 6.45) is -3.41. The summed E-state index contributed by atoms with van der Waals surface area (Å²) in [4.78, 5) is 30.0. The number of carbonyl (C=O) groups excluding carboxylic acids is 2. The van der Waals surface area contributed by atoms with Crippen molar-refractivity contribution in [2.75, 3.05) is 18.0 Å². The molecule has 1 aliphatic rings. The first kappa shape index (κ1) is 20.9. The zero-order valence-electron chi connectivity index (χ0n) is 15.5. The number of amides is 2. The van der Waals surface area contributed by atoms with Crippen LogP contribution in [0.25, 0.3) is 0 Å². The van der Waals surface area contributed by atoms with Gasteiger partial charge < -0.3 is 9.64 Å². The second kappa shape index (κ2) is 8.68. The maximum atomic E-state index is 12.4. The van der Waals surface area contributed by atoms with Crippen LogP contribution in [-0.4, -0.2) is 36.3 Å². The molecule has 11 heteroatoms. The average molecular weight is 428 g/mol. The lowest BCUT2D eigenvalue weighted by Crippen LogP contribution is -2.47. The van der Waals surface area contributed by atoms with Gasteiger partial charge in [-0.05, 0) is 43.5 Å². The molecule has 29 heavy (non-hydrogen) atoms. The van der Waals surface area contributed by atoms with Crippen molar-refractivity contribution in [3.8, 4) is 5.75 Å². The van der Waals surface area contributed by atoms with E-state index in [1.165, 1.54) is 29.5 Å². The minimum atomic E-state index is -4.75. The van der Waals surface area contributed by atoms with E-state index in [9.17, 15) is 22.8 Å². The Balaban J connectivity index is 1.54. The Hall–Kier alpha value is -2.82. The Labute approximate surface area is 168 Å². The molecule has 0 aliphatic carbocycles. The van der Waals surface area contributed by atoms with Gasteiger partial charge in [0.05, 0.1) is 13.0 Å². The van der Waals surface area contributed by atoms with Crippen LogP contribution in [0.15, 0.2) is 23.6 Å². The standard InChI is InChI=1S/C18H19F3N4O3S/c1-11-10-29-17(22-11)8-15(26)23-24-16(27)9-25-6-2-3-12-7-13(4-5-14(12)25)28-18(19,20)21/h4-5,7,10H,2-3,6,8-9H2,1H3,(H,23,26)(H,24,27). The zero-order valence-corrected chi connectivity index (χ0v) is 16.3. The maximum absolute atomic E-state index is 12.4. The number of fused-ring (bicyclic) bond motifs is 1. The van der Waals surface area contributed by atoms with Crippen LogP contribution in [0.3, 0.4) is 0 Å². The van der Waals surface area contributed by atoms with Gasteiger partial charge in [-0.15, -0.1) is 24.5 Å². The van der Waals surface area contributed by atoms with Gasteiger partial charge in [0, 0.05) is 23.3 Å². The van der Waals surface area contributed by atoms with Crippen LogP contribution in [0.2, 0.25) is 0 Å². The van der Waals surface area contributed by atoms with Crippen molar-refractivity contribution in [1.29, 1.82) is 0 Å². The van der Waals surface area contributed by atoms with Crippen LogP contribution in [0.5, 0.6) is 5.75 Å². The first-order valence-electron chi connectivity index (χ1n) is 8.82. The molecule has 7 nitrogen and oxygen atoms in total. The van der Waals surface area contributed by atoms with Crippen molar-refractivity contribution in [2.45, 2.75) is 32.5 Å². The van der Waals surface area contributed by atoms with Crippen LogP contribution in [0.4, 0.5) is 18.9 Å². The molecule has 156 valence electrons. The molecule has 2 aromatic rings. The lowest BCUT2D eigenvalue weighted by atomic mass is 10.0. The molecule has 1 aromatic carbocycles. The highest BCUT2D eigenvalue weighted by Gasteiger charge is 2.31. The number of hydrogen-bond acceptors (Lipinski definition) is 6. The predicted octanol–water partition coefficient (Wildman–Crippen LogP) is 2.49. The van der Waals surface area contributed by atoms with E-state index in [1.807, 2.05) is 12.3 Å². The number of thiazole rings is 1. The molecule has 2 heterocycles. The third-order valence-corrected chi connectivity index (χ3v) is 5.12. The van der Waals surface area contributed by atoms with E-state index in [0.29, 0.717) is 35.6 Å². The summed E-state index contributed by atoms with van der Waals surface area (Å²) < 4.78 is 41.1. The zero-order chi connectivity index (χ0) is 21.0. The third-order valence-electron chi connectivity index (χ3n) is 4.15. The number of carbonyl (C=O) groups is 2. The topological polar surface area (TPSA) is 83.6 Å². The SMILES string of the molecule is Cc1csc(CC(=O)NNC(=O)CN2CCCc3cc(OC(F)(F)F)ccc32)n1. The summed E-state index contributed by atoms with van der Waals surface area (Å²) in [5, 5.41) is 2.48. The van der Waals surface area contributed by atoms with Crippen molar-refractivity contribution in [1.82, 2.24) is 15.8 Å². The molecular formula is C18H19F3N4O3S. The summed E-state index contributed by atoms with van der Waals surface area (Å²) >= 11 is 1.36. The van der Waals surface area contributed by atoms with Crippen LogP contribution >= 0.6 is 11.3 Å². The number of rotatable bonds is 5. The fraction of sp³-hybridized carbons (Fsp3) is 0.389. The fourth-order valence-electron chi connectivity index (χ4n) is 3.03. The molecule has 1 aliphatic heterocycles. The van der Waals surface area contributed by atoms with E-state index in [-0.39, 0.29) is 24.6 Å². The highest BCUT2D eigenvalue weighted by atomic mass is 32.1. The van der Waals surface area contributed by atoms with E-state index < -0.39 is 12.3 Å². The summed E-state index contributed by atoms with van der Waals surface area (Å²) in [5.41, 5.74) is 6.87. The molecule has 1 aromatic heterocycles. The number of hydrogen-bond donors (Lipinski definition) is 2. The Morgan fingerprint density at radius 1 is 1.28 bits per heavy atom. The molecule has 0 fully saturated rings. The van der Waals surface area contributed by atoms with Gasteiger partial charge in [-0.1, -0.05) is 0 Å². The van der Waals surface area contributed by atoms with E-state index >= 15 is 0 Å². The minimum absolute atomic E-state index is 0.0386. The van der Waals surface area contributed by atoms with E-state index in [1.54, 1.807) is 4.90 Å². The lowest BCUT2D eigenvalue weighted by Gasteiger charge is -2.31. The normalized spacial score (nSPS) is 13.6. The van der Waals surface area contributed by atoms with Crippen molar-refractivity contribution in [3.05, 3.63) is 39.8 Å². The lowest BCUT2D eigenvalue weighted by molar-refractivity contribution is -0.274. The van der Waals surface area contributed by atoms with Gasteiger partial charge in [0.15, 0.2) is 0 Å². The Bertz CT molecular complexity index is 901. The maximum Gasteiger partial charge on any atom is 0.573 e. The smallest absolute Gasteiger partial charge is 0.406 e. The second-order valence-corrected chi connectivity index (χ2v) is 7.46. The molecular weight excluding hydrogens is 409 g/mol. The molecule has 0 saturated carbocycles. The van der Waals surface area contributed by atoms with Gasteiger partial charge in [-0.25, -0.2) is 4.98 Å². The largest absolute Gasteiger partial charge is 0.573 e. The molecule has 2 amide bonds. The van der Waals surface area contributed by atoms with Crippen LogP contribution < -0.4 is 20.5 Å². The second-order valence-electron chi connectivity index (χ2n) is 6.52. The molecule has 2 N–H and O–H groups in total. The number of aromatic nitrogens is 1. The molecule has 0 spiro atoms. The van der Waals surface area contributed by atoms with Crippen molar-refractivity contribution in [2.24, 2.45) is 0 Å². The minimum Gasteiger partial charge on any atom is -0.406 e. The Morgan fingerprint density at radius 3 is 2.72 bits per heavy atom. The number of nitrogens with zero attached hydrogens (tertiary/aromatic N) is 2. The highest BCUT2D eigenvalue weighted by molar-refractivity contribution is 7.09. The van der Waals surface area contributed by atoms with E-state index in [2.05, 4.69) is 20.6 Å². The molecule has 0 radical (unpaired) electrons. The van der Waals surface area contributed by atoms with Crippen LogP contribution in [0, 0.1) is 6.92 Å². The Kier molecular flexibility index (Phi) is 6.26. The first-order chi connectivity index (χ1) is 13.7. The monoisotopic (exact) mass is 428 g/mol. The van der Waals surface area contributed by atoms with Crippen molar-refractivity contribution >= 4 is 28.8 Å². The quantitative estimate of drug-likeness (QED) is 0.715. The number of nitrogens with one attached hydrogen (secondary N) is 2. The number of aryl methyl sites for hydroxylation is 2. The van der Waals surface area contributed by atoms with Gasteiger partial charge in [0.25, 0.3) is 5.91 Å². The van der Waals surface area contributed by atoms with Gasteiger partial charge in [0.1, 0.15) is 10.8 Å². The van der Waals surface area contributed by atoms with Crippen LogP contribution in [-0.2, 0) is 22.4 Å². The highest BCUT2D eigenvalue weighted by Crippen LogP contribution is 2.32. The first-order valence-corrected chi connectivity index (χ1v) is 9.70. The van der Waals surface area contributed by atoms with Crippen LogP contribution in [0.1, 0.15) is 22.7 Å². The van der Waals surface area contributed by atoms with Gasteiger partial charge in [0.2, 0.25) is 5.91 Å². The van der Waals surface area contributed by atoms with Gasteiger partial charge >= 0.3 is 6.36 Å². The van der Waals surface area contributed by atoms with Gasteiger partial charge in [-0.2, -0.15) is 0 Å². The van der Waals surface area contributed by atoms with E-state index in [0.717, 1.165) is 5.69 Å². The molecule has 3 rings (SSSR count). The fourth-order valence-corrected chi connectivity index (χ4v) is 3.80. The number of anilines is 1. The number of benzene rings is 1. The summed E-state index contributed by atoms with van der Waals surface area (Å²) in [5.74, 6) is -1.11. The van der Waals surface area contributed by atoms with Gasteiger partial charge in [-0.3, -0.25) is 20.4 Å². The summed E-state index contributed by atoms with van der Waals surface area (Å²) in [6.45, 7) is 2.36.